The van der Waals surface area contributed by atoms with Crippen molar-refractivity contribution in [3.05, 3.63) is 53.6 Å². The zero-order valence-electron chi connectivity index (χ0n) is 14.7. The lowest BCUT2D eigenvalue weighted by Gasteiger charge is -2.21. The SMILES string of the molecule is COc1ccc(S(=O)(=O)NC(C(=O)Nc2cccc(Cl)c2)C(C)C)cc1. The Morgan fingerprint density at radius 3 is 2.31 bits per heavy atom. The lowest BCUT2D eigenvalue weighted by Crippen LogP contribution is -2.47. The molecule has 6 nitrogen and oxygen atoms in total. The van der Waals surface area contributed by atoms with Gasteiger partial charge in [0, 0.05) is 10.7 Å². The van der Waals surface area contributed by atoms with Gasteiger partial charge in [0.1, 0.15) is 11.8 Å². The number of nitrogens with one attached hydrogen (secondary N) is 2. The van der Waals surface area contributed by atoms with Crippen molar-refractivity contribution in [3.8, 4) is 5.75 Å². The molecule has 0 radical (unpaired) electrons. The Bertz CT molecular complexity index is 867. The van der Waals surface area contributed by atoms with Crippen molar-refractivity contribution in [1.82, 2.24) is 4.72 Å². The molecule has 2 rings (SSSR count). The maximum absolute atomic E-state index is 12.6. The predicted octanol–water partition coefficient (Wildman–Crippen LogP) is 3.29. The Labute approximate surface area is 158 Å². The molecule has 0 bridgehead atoms. The van der Waals surface area contributed by atoms with E-state index in [0.717, 1.165) is 0 Å². The van der Waals surface area contributed by atoms with E-state index in [9.17, 15) is 13.2 Å². The van der Waals surface area contributed by atoms with E-state index in [1.807, 2.05) is 0 Å². The third-order valence-electron chi connectivity index (χ3n) is 3.69. The van der Waals surface area contributed by atoms with E-state index in [2.05, 4.69) is 10.0 Å². The second-order valence-corrected chi connectivity index (χ2v) is 8.17. The smallest absolute Gasteiger partial charge is 0.242 e. The predicted molar refractivity (Wildman–Crippen MR) is 102 cm³/mol. The first-order chi connectivity index (χ1) is 12.2. The summed E-state index contributed by atoms with van der Waals surface area (Å²) in [4.78, 5) is 12.6. The number of benzene rings is 2. The van der Waals surface area contributed by atoms with Gasteiger partial charge in [-0.15, -0.1) is 0 Å². The van der Waals surface area contributed by atoms with Gasteiger partial charge in [0.05, 0.1) is 12.0 Å². The molecule has 0 fully saturated rings. The van der Waals surface area contributed by atoms with Gasteiger partial charge in [-0.1, -0.05) is 31.5 Å². The minimum Gasteiger partial charge on any atom is -0.497 e. The molecule has 0 aliphatic carbocycles. The van der Waals surface area contributed by atoms with E-state index >= 15 is 0 Å². The molecule has 2 aromatic rings. The maximum atomic E-state index is 12.6. The summed E-state index contributed by atoms with van der Waals surface area (Å²) in [7, 11) is -2.37. The van der Waals surface area contributed by atoms with Crippen LogP contribution in [0.5, 0.6) is 5.75 Å². The number of halogens is 1. The summed E-state index contributed by atoms with van der Waals surface area (Å²) in [5.41, 5.74) is 0.497. The molecule has 1 amide bonds. The Hall–Kier alpha value is -2.09. The van der Waals surface area contributed by atoms with Crippen LogP contribution in [0.2, 0.25) is 5.02 Å². The fourth-order valence-corrected chi connectivity index (χ4v) is 3.80. The van der Waals surface area contributed by atoms with Crippen LogP contribution in [0.4, 0.5) is 5.69 Å². The Morgan fingerprint density at radius 2 is 1.77 bits per heavy atom. The second kappa shape index (κ2) is 8.53. The number of carbonyl (C=O) groups excluding carboxylic acids is 1. The van der Waals surface area contributed by atoms with Crippen LogP contribution >= 0.6 is 11.6 Å². The van der Waals surface area contributed by atoms with Gasteiger partial charge in [-0.05, 0) is 48.4 Å². The van der Waals surface area contributed by atoms with E-state index in [1.54, 1.807) is 50.2 Å². The summed E-state index contributed by atoms with van der Waals surface area (Å²) in [5, 5.41) is 3.16. The standard InChI is InChI=1S/C18H21ClN2O4S/c1-12(2)17(18(22)20-14-6-4-5-13(19)11-14)21-26(23,24)16-9-7-15(25-3)8-10-16/h4-12,17,21H,1-3H3,(H,20,22). The number of sulfonamides is 1. The number of carbonyl (C=O) groups is 1. The number of rotatable bonds is 7. The van der Waals surface area contributed by atoms with Crippen LogP contribution in [0.15, 0.2) is 53.4 Å². The first-order valence-electron chi connectivity index (χ1n) is 7.96. The highest BCUT2D eigenvalue weighted by Gasteiger charge is 2.28. The summed E-state index contributed by atoms with van der Waals surface area (Å²) in [6.45, 7) is 3.53. The molecule has 1 unspecified atom stereocenters. The van der Waals surface area contributed by atoms with Crippen molar-refractivity contribution in [2.75, 3.05) is 12.4 Å². The molecule has 0 saturated carbocycles. The van der Waals surface area contributed by atoms with Crippen LogP contribution in [-0.2, 0) is 14.8 Å². The van der Waals surface area contributed by atoms with Gasteiger partial charge in [0.15, 0.2) is 0 Å². The number of hydrogen-bond acceptors (Lipinski definition) is 4. The maximum Gasteiger partial charge on any atom is 0.242 e. The average molecular weight is 397 g/mol. The monoisotopic (exact) mass is 396 g/mol. The van der Waals surface area contributed by atoms with Crippen molar-refractivity contribution >= 4 is 33.2 Å². The normalized spacial score (nSPS) is 12.7. The van der Waals surface area contributed by atoms with Crippen LogP contribution in [0.1, 0.15) is 13.8 Å². The number of amides is 1. The van der Waals surface area contributed by atoms with Gasteiger partial charge >= 0.3 is 0 Å². The summed E-state index contributed by atoms with van der Waals surface area (Å²) in [6.07, 6.45) is 0. The van der Waals surface area contributed by atoms with Gasteiger partial charge in [0.2, 0.25) is 15.9 Å². The first-order valence-corrected chi connectivity index (χ1v) is 9.82. The Morgan fingerprint density at radius 1 is 1.12 bits per heavy atom. The lowest BCUT2D eigenvalue weighted by atomic mass is 10.0. The van der Waals surface area contributed by atoms with Gasteiger partial charge in [-0.25, -0.2) is 8.42 Å². The summed E-state index contributed by atoms with van der Waals surface area (Å²) in [6, 6.07) is 11.7. The van der Waals surface area contributed by atoms with E-state index in [4.69, 9.17) is 16.3 Å². The van der Waals surface area contributed by atoms with Crippen molar-refractivity contribution < 1.29 is 17.9 Å². The molecule has 0 spiro atoms. The molecule has 8 heteroatoms. The first kappa shape index (κ1) is 20.2. The van der Waals surface area contributed by atoms with E-state index in [-0.39, 0.29) is 10.8 Å². The zero-order valence-corrected chi connectivity index (χ0v) is 16.3. The highest BCUT2D eigenvalue weighted by molar-refractivity contribution is 7.89. The Kier molecular flexibility index (Phi) is 6.63. The summed E-state index contributed by atoms with van der Waals surface area (Å²) >= 11 is 5.91. The largest absolute Gasteiger partial charge is 0.497 e. The zero-order chi connectivity index (χ0) is 19.3. The van der Waals surface area contributed by atoms with Crippen molar-refractivity contribution in [2.45, 2.75) is 24.8 Å². The van der Waals surface area contributed by atoms with Gasteiger partial charge in [-0.3, -0.25) is 4.79 Å². The molecule has 0 saturated heterocycles. The molecule has 0 aromatic heterocycles. The van der Waals surface area contributed by atoms with Crippen LogP contribution in [-0.4, -0.2) is 27.5 Å². The third kappa shape index (κ3) is 5.20. The van der Waals surface area contributed by atoms with Crippen molar-refractivity contribution in [3.63, 3.8) is 0 Å². The lowest BCUT2D eigenvalue weighted by molar-refractivity contribution is -0.118. The number of anilines is 1. The van der Waals surface area contributed by atoms with E-state index in [0.29, 0.717) is 16.5 Å². The van der Waals surface area contributed by atoms with Crippen LogP contribution in [0, 0.1) is 5.92 Å². The van der Waals surface area contributed by atoms with Gasteiger partial charge < -0.3 is 10.1 Å². The highest BCUT2D eigenvalue weighted by Crippen LogP contribution is 2.19. The van der Waals surface area contributed by atoms with Crippen LogP contribution in [0.25, 0.3) is 0 Å². The highest BCUT2D eigenvalue weighted by atomic mass is 35.5. The van der Waals surface area contributed by atoms with Crippen LogP contribution in [0.3, 0.4) is 0 Å². The average Bonchev–Trinajstić information content (AvgIpc) is 2.59. The summed E-state index contributed by atoms with van der Waals surface area (Å²) < 4.78 is 32.7. The van der Waals surface area contributed by atoms with Crippen LogP contribution < -0.4 is 14.8 Å². The second-order valence-electron chi connectivity index (χ2n) is 6.02. The third-order valence-corrected chi connectivity index (χ3v) is 5.39. The van der Waals surface area contributed by atoms with Crippen molar-refractivity contribution in [2.24, 2.45) is 5.92 Å². The minimum atomic E-state index is -3.87. The molecule has 140 valence electrons. The molecule has 2 N–H and O–H groups in total. The molecular formula is C18H21ClN2O4S. The number of hydrogen-bond donors (Lipinski definition) is 2. The molecule has 0 aliphatic heterocycles. The van der Waals surface area contributed by atoms with E-state index in [1.165, 1.54) is 19.2 Å². The molecule has 1 atom stereocenters. The Balaban J connectivity index is 2.19. The molecular weight excluding hydrogens is 376 g/mol. The fraction of sp³-hybridized carbons (Fsp3) is 0.278. The van der Waals surface area contributed by atoms with Gasteiger partial charge in [-0.2, -0.15) is 4.72 Å². The minimum absolute atomic E-state index is 0.0551. The number of methoxy groups -OCH3 is 1. The van der Waals surface area contributed by atoms with E-state index < -0.39 is 22.0 Å². The quantitative estimate of drug-likeness (QED) is 0.752. The topological polar surface area (TPSA) is 84.5 Å². The molecule has 2 aromatic carbocycles. The molecule has 0 heterocycles. The summed E-state index contributed by atoms with van der Waals surface area (Å²) in [5.74, 6) is -0.176. The van der Waals surface area contributed by atoms with Gasteiger partial charge in [0.25, 0.3) is 0 Å². The molecule has 26 heavy (non-hydrogen) atoms. The van der Waals surface area contributed by atoms with Crippen molar-refractivity contribution in [1.29, 1.82) is 0 Å². The fourth-order valence-electron chi connectivity index (χ4n) is 2.27. The number of ether oxygens (including phenoxy) is 1. The molecule has 0 aliphatic rings.